The molecular weight excluding hydrogens is 204 g/mol. The highest BCUT2D eigenvalue weighted by Gasteiger charge is 2.12. The van der Waals surface area contributed by atoms with Gasteiger partial charge < -0.3 is 4.74 Å². The first-order chi connectivity index (χ1) is 7.63. The highest BCUT2D eigenvalue weighted by Crippen LogP contribution is 2.06. The first-order valence-electron chi connectivity index (χ1n) is 5.39. The average molecular weight is 220 g/mol. The third-order valence-electron chi connectivity index (χ3n) is 2.15. The van der Waals surface area contributed by atoms with Crippen LogP contribution in [0.5, 0.6) is 0 Å². The van der Waals surface area contributed by atoms with Gasteiger partial charge in [-0.1, -0.05) is 36.8 Å². The van der Waals surface area contributed by atoms with Crippen molar-refractivity contribution in [2.45, 2.75) is 26.7 Å². The topological polar surface area (TPSA) is 43.4 Å². The third kappa shape index (κ3) is 3.85. The van der Waals surface area contributed by atoms with Crippen LogP contribution in [-0.4, -0.2) is 18.4 Å². The Bertz CT molecular complexity index is 365. The van der Waals surface area contributed by atoms with Gasteiger partial charge in [-0.15, -0.1) is 0 Å². The van der Waals surface area contributed by atoms with Crippen LogP contribution in [0.15, 0.2) is 24.3 Å². The van der Waals surface area contributed by atoms with Gasteiger partial charge in [-0.3, -0.25) is 9.59 Å². The van der Waals surface area contributed by atoms with Crippen molar-refractivity contribution in [2.75, 3.05) is 6.61 Å². The molecule has 1 rings (SSSR count). The number of carbonyl (C=O) groups is 2. The summed E-state index contributed by atoms with van der Waals surface area (Å²) >= 11 is 0. The molecule has 0 aliphatic heterocycles. The number of hydrogen-bond acceptors (Lipinski definition) is 3. The molecule has 1 aromatic carbocycles. The van der Waals surface area contributed by atoms with Crippen LogP contribution in [0.25, 0.3) is 0 Å². The predicted octanol–water partition coefficient (Wildman–Crippen LogP) is 2.52. The van der Waals surface area contributed by atoms with E-state index in [-0.39, 0.29) is 12.2 Å². The van der Waals surface area contributed by atoms with Crippen molar-refractivity contribution in [2.24, 2.45) is 0 Å². The molecule has 3 nitrogen and oxygen atoms in total. The molecule has 0 unspecified atom stereocenters. The molecular formula is C13H16O3. The Morgan fingerprint density at radius 1 is 1.19 bits per heavy atom. The molecule has 3 heteroatoms. The highest BCUT2D eigenvalue weighted by atomic mass is 16.5. The molecule has 86 valence electrons. The van der Waals surface area contributed by atoms with E-state index >= 15 is 0 Å². The summed E-state index contributed by atoms with van der Waals surface area (Å²) in [6.45, 7) is 4.23. The van der Waals surface area contributed by atoms with Gasteiger partial charge >= 0.3 is 5.97 Å². The molecule has 0 aromatic heterocycles. The molecule has 0 radical (unpaired) electrons. The van der Waals surface area contributed by atoms with Gasteiger partial charge in [0.1, 0.15) is 6.42 Å². The van der Waals surface area contributed by atoms with Gasteiger partial charge in [-0.2, -0.15) is 0 Å². The van der Waals surface area contributed by atoms with Gasteiger partial charge in [0.05, 0.1) is 6.61 Å². The second-order valence-corrected chi connectivity index (χ2v) is 3.69. The maximum Gasteiger partial charge on any atom is 0.313 e. The zero-order valence-corrected chi connectivity index (χ0v) is 9.66. The van der Waals surface area contributed by atoms with Crippen LogP contribution in [-0.2, 0) is 9.53 Å². The number of ketones is 1. The Morgan fingerprint density at radius 3 is 2.38 bits per heavy atom. The lowest BCUT2D eigenvalue weighted by molar-refractivity contribution is -0.142. The number of benzene rings is 1. The fourth-order valence-corrected chi connectivity index (χ4v) is 1.24. The molecule has 0 amide bonds. The van der Waals surface area contributed by atoms with Gasteiger partial charge in [-0.25, -0.2) is 0 Å². The van der Waals surface area contributed by atoms with Crippen LogP contribution >= 0.6 is 0 Å². The SMILES string of the molecule is CCCOC(=O)CC(=O)c1ccc(C)cc1. The van der Waals surface area contributed by atoms with Gasteiger partial charge in [0, 0.05) is 5.56 Å². The van der Waals surface area contributed by atoms with Crippen molar-refractivity contribution in [3.05, 3.63) is 35.4 Å². The normalized spacial score (nSPS) is 9.88. The fourth-order valence-electron chi connectivity index (χ4n) is 1.24. The van der Waals surface area contributed by atoms with E-state index in [9.17, 15) is 9.59 Å². The van der Waals surface area contributed by atoms with Crippen molar-refractivity contribution >= 4 is 11.8 Å². The van der Waals surface area contributed by atoms with Crippen LogP contribution in [0.3, 0.4) is 0 Å². The number of Topliss-reactive ketones (excluding diaryl/α,β-unsaturated/α-hetero) is 1. The number of ether oxygens (including phenoxy) is 1. The predicted molar refractivity (Wildman–Crippen MR) is 61.4 cm³/mol. The fraction of sp³-hybridized carbons (Fsp3) is 0.385. The minimum absolute atomic E-state index is 0.178. The standard InChI is InChI=1S/C13H16O3/c1-3-8-16-13(15)9-12(14)11-6-4-10(2)5-7-11/h4-7H,3,8-9H2,1-2H3. The number of hydrogen-bond donors (Lipinski definition) is 0. The molecule has 0 saturated carbocycles. The molecule has 0 atom stereocenters. The number of carbonyl (C=O) groups excluding carboxylic acids is 2. The van der Waals surface area contributed by atoms with E-state index in [1.54, 1.807) is 12.1 Å². The van der Waals surface area contributed by atoms with E-state index in [2.05, 4.69) is 0 Å². The molecule has 0 fully saturated rings. The van der Waals surface area contributed by atoms with Gasteiger partial charge in [-0.05, 0) is 13.3 Å². The summed E-state index contributed by atoms with van der Waals surface area (Å²) in [5.74, 6) is -0.645. The van der Waals surface area contributed by atoms with Crippen LogP contribution in [0.1, 0.15) is 35.7 Å². The summed E-state index contributed by atoms with van der Waals surface area (Å²) < 4.78 is 4.85. The third-order valence-corrected chi connectivity index (χ3v) is 2.15. The zero-order valence-electron chi connectivity index (χ0n) is 9.66. The molecule has 0 aliphatic rings. The van der Waals surface area contributed by atoms with E-state index in [1.165, 1.54) is 0 Å². The lowest BCUT2D eigenvalue weighted by Gasteiger charge is -2.03. The second kappa shape index (κ2) is 6.05. The van der Waals surface area contributed by atoms with Crippen LogP contribution in [0, 0.1) is 6.92 Å². The second-order valence-electron chi connectivity index (χ2n) is 3.69. The van der Waals surface area contributed by atoms with Crippen LogP contribution < -0.4 is 0 Å². The zero-order chi connectivity index (χ0) is 12.0. The molecule has 16 heavy (non-hydrogen) atoms. The van der Waals surface area contributed by atoms with E-state index < -0.39 is 5.97 Å². The lowest BCUT2D eigenvalue weighted by Crippen LogP contribution is -2.11. The molecule has 1 aromatic rings. The minimum Gasteiger partial charge on any atom is -0.465 e. The van der Waals surface area contributed by atoms with Crippen molar-refractivity contribution in [3.63, 3.8) is 0 Å². The molecule has 0 saturated heterocycles. The smallest absolute Gasteiger partial charge is 0.313 e. The Hall–Kier alpha value is -1.64. The van der Waals surface area contributed by atoms with Crippen LogP contribution in [0.2, 0.25) is 0 Å². The Morgan fingerprint density at radius 2 is 1.81 bits per heavy atom. The first-order valence-corrected chi connectivity index (χ1v) is 5.39. The summed E-state index contributed by atoms with van der Waals surface area (Å²) in [4.78, 5) is 22.8. The summed E-state index contributed by atoms with van der Waals surface area (Å²) in [5, 5.41) is 0. The van der Waals surface area contributed by atoms with E-state index in [1.807, 2.05) is 26.0 Å². The first kappa shape index (κ1) is 12.4. The van der Waals surface area contributed by atoms with Crippen LogP contribution in [0.4, 0.5) is 0 Å². The monoisotopic (exact) mass is 220 g/mol. The lowest BCUT2D eigenvalue weighted by atomic mass is 10.1. The minimum atomic E-state index is -0.451. The summed E-state index contributed by atoms with van der Waals surface area (Å²) in [6.07, 6.45) is 0.591. The molecule has 0 aliphatic carbocycles. The molecule has 0 N–H and O–H groups in total. The number of aryl methyl sites for hydroxylation is 1. The number of rotatable bonds is 5. The molecule has 0 bridgehead atoms. The Balaban J connectivity index is 2.52. The van der Waals surface area contributed by atoms with Gasteiger partial charge in [0.15, 0.2) is 5.78 Å². The highest BCUT2D eigenvalue weighted by molar-refractivity contribution is 6.05. The van der Waals surface area contributed by atoms with E-state index in [0.29, 0.717) is 12.2 Å². The van der Waals surface area contributed by atoms with Gasteiger partial charge in [0.2, 0.25) is 0 Å². The van der Waals surface area contributed by atoms with Gasteiger partial charge in [0.25, 0.3) is 0 Å². The molecule has 0 heterocycles. The Kier molecular flexibility index (Phi) is 4.70. The van der Waals surface area contributed by atoms with Crippen molar-refractivity contribution < 1.29 is 14.3 Å². The Labute approximate surface area is 95.4 Å². The van der Waals surface area contributed by atoms with Crippen molar-refractivity contribution in [1.29, 1.82) is 0 Å². The molecule has 0 spiro atoms. The average Bonchev–Trinajstić information content (AvgIpc) is 2.27. The van der Waals surface area contributed by atoms with E-state index in [4.69, 9.17) is 4.74 Å². The summed E-state index contributed by atoms with van der Waals surface area (Å²) in [7, 11) is 0. The summed E-state index contributed by atoms with van der Waals surface area (Å²) in [6, 6.07) is 7.16. The maximum absolute atomic E-state index is 11.6. The summed E-state index contributed by atoms with van der Waals surface area (Å²) in [5.41, 5.74) is 1.64. The number of esters is 1. The largest absolute Gasteiger partial charge is 0.465 e. The quantitative estimate of drug-likeness (QED) is 0.435. The van der Waals surface area contributed by atoms with Crippen molar-refractivity contribution in [1.82, 2.24) is 0 Å². The van der Waals surface area contributed by atoms with E-state index in [0.717, 1.165) is 12.0 Å². The van der Waals surface area contributed by atoms with Crippen molar-refractivity contribution in [3.8, 4) is 0 Å². The maximum atomic E-state index is 11.6.